The summed E-state index contributed by atoms with van der Waals surface area (Å²) in [6.07, 6.45) is 1.07. The summed E-state index contributed by atoms with van der Waals surface area (Å²) in [5.41, 5.74) is 3.08. The number of piperazine rings is 1. The lowest BCUT2D eigenvalue weighted by atomic mass is 10.2. The Hall–Kier alpha value is -2.68. The van der Waals surface area contributed by atoms with Gasteiger partial charge < -0.3 is 15.5 Å². The van der Waals surface area contributed by atoms with E-state index in [1.54, 1.807) is 11.3 Å². The van der Waals surface area contributed by atoms with E-state index in [0.29, 0.717) is 0 Å². The third-order valence-electron chi connectivity index (χ3n) is 5.64. The highest BCUT2D eigenvalue weighted by molar-refractivity contribution is 7.14. The van der Waals surface area contributed by atoms with Crippen LogP contribution >= 0.6 is 22.9 Å². The molecule has 2 aromatic heterocycles. The second-order valence-electron chi connectivity index (χ2n) is 7.94. The Kier molecular flexibility index (Phi) is 6.52. The molecule has 2 aliphatic rings. The lowest BCUT2D eigenvalue weighted by Crippen LogP contribution is -2.46. The Morgan fingerprint density at radius 1 is 1.00 bits per heavy atom. The summed E-state index contributed by atoms with van der Waals surface area (Å²) in [4.78, 5) is 18.9. The first kappa shape index (κ1) is 21.2. The summed E-state index contributed by atoms with van der Waals surface area (Å²) >= 11 is 7.57. The van der Waals surface area contributed by atoms with Crippen molar-refractivity contribution in [2.24, 2.45) is 4.99 Å². The predicted octanol–water partition coefficient (Wildman–Crippen LogP) is 3.94. The van der Waals surface area contributed by atoms with Gasteiger partial charge in [0.1, 0.15) is 11.5 Å². The zero-order chi connectivity index (χ0) is 21.8. The molecule has 1 fully saturated rings. The van der Waals surface area contributed by atoms with Gasteiger partial charge >= 0.3 is 0 Å². The summed E-state index contributed by atoms with van der Waals surface area (Å²) in [5, 5.41) is 10.2. The Labute approximate surface area is 197 Å². The number of pyridine rings is 1. The summed E-state index contributed by atoms with van der Waals surface area (Å²) in [6.45, 7) is 6.68. The molecule has 0 unspecified atom stereocenters. The zero-order valence-corrected chi connectivity index (χ0v) is 19.4. The van der Waals surface area contributed by atoms with Crippen LogP contribution in [0.3, 0.4) is 0 Å². The maximum absolute atomic E-state index is 6.00. The highest BCUT2D eigenvalue weighted by Gasteiger charge is 2.19. The van der Waals surface area contributed by atoms with Gasteiger partial charge in [0.2, 0.25) is 0 Å². The number of nitrogens with zero attached hydrogens (tertiary/aromatic N) is 5. The molecule has 0 atom stereocenters. The van der Waals surface area contributed by atoms with E-state index in [1.165, 1.54) is 5.56 Å². The largest absolute Gasteiger partial charge is 0.356 e. The van der Waals surface area contributed by atoms with Crippen LogP contribution in [0.15, 0.2) is 52.8 Å². The molecule has 9 heteroatoms. The fourth-order valence-electron chi connectivity index (χ4n) is 3.89. The summed E-state index contributed by atoms with van der Waals surface area (Å²) < 4.78 is 0. The van der Waals surface area contributed by atoms with Crippen LogP contribution in [-0.4, -0.2) is 60.1 Å². The minimum Gasteiger partial charge on any atom is -0.356 e. The van der Waals surface area contributed by atoms with Gasteiger partial charge in [-0.05, 0) is 36.2 Å². The molecule has 0 saturated carbocycles. The quantitative estimate of drug-likeness (QED) is 0.592. The number of halogens is 1. The molecule has 3 aromatic rings. The van der Waals surface area contributed by atoms with Crippen LogP contribution in [0, 0.1) is 0 Å². The summed E-state index contributed by atoms with van der Waals surface area (Å²) in [6, 6.07) is 14.3. The predicted molar refractivity (Wildman–Crippen MR) is 133 cm³/mol. The SMILES string of the molecule is Clc1ccc(CN2CCN(c3cccc(-c4csc(NC5=NCCCN5)n4)n3)CC2)cc1. The number of thiazole rings is 1. The van der Waals surface area contributed by atoms with Crippen LogP contribution in [0.25, 0.3) is 11.4 Å². The standard InChI is InChI=1S/C23H26ClN7S/c24-18-7-5-17(6-8-18)15-30-11-13-31(14-12-30)21-4-1-3-19(27-21)20-16-32-23(28-20)29-22-25-9-2-10-26-22/h1,3-8,16H,2,9-15H2,(H2,25,26,28,29). The number of guanidine groups is 1. The molecule has 0 bridgehead atoms. The molecular weight excluding hydrogens is 442 g/mol. The van der Waals surface area contributed by atoms with Gasteiger partial charge in [0.05, 0.1) is 5.69 Å². The number of aliphatic imine (C=N–C) groups is 1. The lowest BCUT2D eigenvalue weighted by molar-refractivity contribution is 0.249. The Morgan fingerprint density at radius 3 is 2.62 bits per heavy atom. The fraction of sp³-hybridized carbons (Fsp3) is 0.348. The van der Waals surface area contributed by atoms with Gasteiger partial charge in [0.15, 0.2) is 11.1 Å². The molecule has 166 valence electrons. The van der Waals surface area contributed by atoms with Crippen LogP contribution in [0.2, 0.25) is 5.02 Å². The molecular formula is C23H26ClN7S. The molecule has 0 aliphatic carbocycles. The van der Waals surface area contributed by atoms with Crippen molar-refractivity contribution in [2.45, 2.75) is 13.0 Å². The highest BCUT2D eigenvalue weighted by atomic mass is 35.5. The molecule has 0 radical (unpaired) electrons. The van der Waals surface area contributed by atoms with Crippen molar-refractivity contribution in [3.63, 3.8) is 0 Å². The summed E-state index contributed by atoms with van der Waals surface area (Å²) in [5.74, 6) is 1.81. The van der Waals surface area contributed by atoms with Crippen molar-refractivity contribution in [3.05, 3.63) is 58.4 Å². The van der Waals surface area contributed by atoms with E-state index >= 15 is 0 Å². The maximum atomic E-state index is 6.00. The van der Waals surface area contributed by atoms with E-state index in [0.717, 1.165) is 85.6 Å². The Morgan fingerprint density at radius 2 is 1.84 bits per heavy atom. The van der Waals surface area contributed by atoms with E-state index in [2.05, 4.69) is 49.7 Å². The van der Waals surface area contributed by atoms with E-state index in [-0.39, 0.29) is 0 Å². The van der Waals surface area contributed by atoms with E-state index in [1.807, 2.05) is 23.6 Å². The number of aromatic nitrogens is 2. The van der Waals surface area contributed by atoms with Crippen LogP contribution in [-0.2, 0) is 6.54 Å². The second kappa shape index (κ2) is 9.85. The zero-order valence-electron chi connectivity index (χ0n) is 17.8. The first-order chi connectivity index (χ1) is 15.7. The number of anilines is 2. The second-order valence-corrected chi connectivity index (χ2v) is 9.24. The molecule has 7 nitrogen and oxygen atoms in total. The number of benzene rings is 1. The normalized spacial score (nSPS) is 17.0. The number of rotatable bonds is 5. The van der Waals surface area contributed by atoms with Crippen molar-refractivity contribution in [3.8, 4) is 11.4 Å². The smallest absolute Gasteiger partial charge is 0.197 e. The maximum Gasteiger partial charge on any atom is 0.197 e. The molecule has 32 heavy (non-hydrogen) atoms. The average Bonchev–Trinajstić information content (AvgIpc) is 3.30. The van der Waals surface area contributed by atoms with Gasteiger partial charge in [-0.2, -0.15) is 0 Å². The summed E-state index contributed by atoms with van der Waals surface area (Å²) in [7, 11) is 0. The van der Waals surface area contributed by atoms with Gasteiger partial charge in [-0.3, -0.25) is 9.89 Å². The molecule has 5 rings (SSSR count). The Bertz CT molecular complexity index is 1070. The third-order valence-corrected chi connectivity index (χ3v) is 6.65. The van der Waals surface area contributed by atoms with Crippen LogP contribution < -0.4 is 15.5 Å². The molecule has 2 aliphatic heterocycles. The minimum atomic E-state index is 0.784. The van der Waals surface area contributed by atoms with Crippen molar-refractivity contribution in [1.29, 1.82) is 0 Å². The van der Waals surface area contributed by atoms with Crippen molar-refractivity contribution >= 4 is 39.8 Å². The molecule has 1 aromatic carbocycles. The number of hydrogen-bond donors (Lipinski definition) is 2. The third kappa shape index (κ3) is 5.20. The van der Waals surface area contributed by atoms with Gasteiger partial charge in [0.25, 0.3) is 0 Å². The molecule has 4 heterocycles. The first-order valence-electron chi connectivity index (χ1n) is 10.9. The fourth-order valence-corrected chi connectivity index (χ4v) is 4.72. The number of nitrogens with one attached hydrogen (secondary N) is 2. The van der Waals surface area contributed by atoms with Gasteiger partial charge in [-0.15, -0.1) is 11.3 Å². The highest BCUT2D eigenvalue weighted by Crippen LogP contribution is 2.26. The molecule has 0 amide bonds. The van der Waals surface area contributed by atoms with Crippen LogP contribution in [0.5, 0.6) is 0 Å². The minimum absolute atomic E-state index is 0.784. The molecule has 1 saturated heterocycles. The first-order valence-corrected chi connectivity index (χ1v) is 12.2. The van der Waals surface area contributed by atoms with E-state index in [4.69, 9.17) is 21.6 Å². The topological polar surface area (TPSA) is 68.7 Å². The molecule has 0 spiro atoms. The van der Waals surface area contributed by atoms with Crippen LogP contribution in [0.1, 0.15) is 12.0 Å². The lowest BCUT2D eigenvalue weighted by Gasteiger charge is -2.35. The van der Waals surface area contributed by atoms with Crippen molar-refractivity contribution < 1.29 is 0 Å². The van der Waals surface area contributed by atoms with Crippen LogP contribution in [0.4, 0.5) is 10.9 Å². The van der Waals surface area contributed by atoms with Crippen molar-refractivity contribution in [2.75, 3.05) is 49.5 Å². The Balaban J connectivity index is 1.20. The number of hydrogen-bond acceptors (Lipinski definition) is 8. The van der Waals surface area contributed by atoms with Crippen molar-refractivity contribution in [1.82, 2.24) is 20.2 Å². The van der Waals surface area contributed by atoms with E-state index in [9.17, 15) is 0 Å². The van der Waals surface area contributed by atoms with E-state index < -0.39 is 0 Å². The average molecular weight is 468 g/mol. The van der Waals surface area contributed by atoms with Gasteiger partial charge in [-0.1, -0.05) is 29.8 Å². The monoisotopic (exact) mass is 467 g/mol. The van der Waals surface area contributed by atoms with Gasteiger partial charge in [0, 0.05) is 56.2 Å². The molecule has 2 N–H and O–H groups in total. The van der Waals surface area contributed by atoms with Gasteiger partial charge in [-0.25, -0.2) is 9.97 Å².